The van der Waals surface area contributed by atoms with E-state index < -0.39 is 34.9 Å². The Bertz CT molecular complexity index is 1240. The zero-order valence-electron chi connectivity index (χ0n) is 37.4. The van der Waals surface area contributed by atoms with E-state index in [1.807, 2.05) is 90.8 Å². The van der Waals surface area contributed by atoms with E-state index in [2.05, 4.69) is 32.0 Å². The fourth-order valence-electron chi connectivity index (χ4n) is 6.35. The summed E-state index contributed by atoms with van der Waals surface area (Å²) < 4.78 is 53.5. The van der Waals surface area contributed by atoms with E-state index in [1.54, 1.807) is 60.9 Å². The van der Waals surface area contributed by atoms with Crippen LogP contribution in [-0.2, 0) is 44.6 Å². The number of benzene rings is 1. The van der Waals surface area contributed by atoms with Gasteiger partial charge in [0.1, 0.15) is 3.70 Å². The van der Waals surface area contributed by atoms with Crippen LogP contribution in [0.25, 0.3) is 0 Å². The third kappa shape index (κ3) is 18.2. The lowest BCUT2D eigenvalue weighted by Gasteiger charge is -2.51. The Labute approximate surface area is 420 Å². The molecule has 0 saturated heterocycles. The van der Waals surface area contributed by atoms with Gasteiger partial charge in [0, 0.05) is 98.8 Å². The highest BCUT2D eigenvalue weighted by Gasteiger charge is 2.68. The number of thiol groups is 4. The molecular weight excluding hydrogens is 1050 g/mol. The molecule has 0 radical (unpaired) electrons. The van der Waals surface area contributed by atoms with Crippen molar-refractivity contribution in [3.8, 4) is 0 Å². The van der Waals surface area contributed by atoms with Gasteiger partial charge >= 0.3 is 26.4 Å². The second kappa shape index (κ2) is 33.3. The van der Waals surface area contributed by atoms with Crippen molar-refractivity contribution in [1.82, 2.24) is 0 Å². The first-order chi connectivity index (χ1) is 28.6. The van der Waals surface area contributed by atoms with Crippen LogP contribution in [0.1, 0.15) is 110 Å². The lowest BCUT2D eigenvalue weighted by atomic mass is 9.86. The van der Waals surface area contributed by atoms with Gasteiger partial charge in [0.2, 0.25) is 0 Å². The van der Waals surface area contributed by atoms with Crippen LogP contribution < -0.4 is 0 Å². The fourth-order valence-corrected chi connectivity index (χ4v) is 32.2. The second-order valence-corrected chi connectivity index (χ2v) is 37.6. The van der Waals surface area contributed by atoms with Crippen LogP contribution in [0.3, 0.4) is 0 Å². The first kappa shape index (κ1) is 61.7. The summed E-state index contributed by atoms with van der Waals surface area (Å²) in [7, 11) is 5.31. The second-order valence-electron chi connectivity index (χ2n) is 12.6. The first-order valence-electron chi connectivity index (χ1n) is 20.6. The molecule has 1 aromatic carbocycles. The van der Waals surface area contributed by atoms with E-state index in [0.29, 0.717) is 59.5 Å². The highest BCUT2D eigenvalue weighted by Crippen LogP contribution is 2.60. The number of hydrogen-bond donors (Lipinski definition) is 4. The van der Waals surface area contributed by atoms with Crippen LogP contribution in [0.2, 0.25) is 12.1 Å². The lowest BCUT2D eigenvalue weighted by Crippen LogP contribution is -2.68. The van der Waals surface area contributed by atoms with Gasteiger partial charge in [0.05, 0.1) is 4.75 Å². The SMILES string of the molecule is CCO[Si](CCSSSSC(C)c1cccc(C(S)(C(C)S)C(S)(S)[Si](OCC)(OCC)OCC)c1C(C)SSSSCC[Si](OCC)(OCC)OCC)(OCC)OCC. The number of hydrogen-bond acceptors (Lipinski definition) is 21. The minimum absolute atomic E-state index is 0.0420. The molecule has 0 saturated carbocycles. The molecule has 0 aromatic heterocycles. The topological polar surface area (TPSA) is 83.1 Å². The van der Waals surface area contributed by atoms with E-state index in [4.69, 9.17) is 90.3 Å². The molecule has 0 heterocycles. The Balaban J connectivity index is 3.54. The zero-order chi connectivity index (χ0) is 45.3. The zero-order valence-corrected chi connectivity index (χ0v) is 50.5. The normalized spacial score (nSPS) is 15.6. The van der Waals surface area contributed by atoms with Gasteiger partial charge in [-0.25, -0.2) is 0 Å². The summed E-state index contributed by atoms with van der Waals surface area (Å²) in [5.74, 6) is 1.72. The molecule has 60 heavy (non-hydrogen) atoms. The lowest BCUT2D eigenvalue weighted by molar-refractivity contribution is 0.0630. The molecule has 0 fully saturated rings. The van der Waals surface area contributed by atoms with Crippen LogP contribution in [0, 0.1) is 0 Å². The van der Waals surface area contributed by atoms with E-state index in [0.717, 1.165) is 29.2 Å². The summed E-state index contributed by atoms with van der Waals surface area (Å²) in [5, 5.41) is -0.177. The van der Waals surface area contributed by atoms with Crippen molar-refractivity contribution in [2.75, 3.05) is 71.0 Å². The quantitative estimate of drug-likeness (QED) is 0.0167. The van der Waals surface area contributed by atoms with E-state index in [9.17, 15) is 0 Å². The summed E-state index contributed by atoms with van der Waals surface area (Å²) in [6.45, 7) is 28.9. The van der Waals surface area contributed by atoms with Crippen molar-refractivity contribution in [2.45, 2.75) is 119 Å². The van der Waals surface area contributed by atoms with Crippen molar-refractivity contribution in [2.24, 2.45) is 0 Å². The van der Waals surface area contributed by atoms with Crippen LogP contribution in [0.5, 0.6) is 0 Å². The van der Waals surface area contributed by atoms with Gasteiger partial charge in [-0.1, -0.05) is 68.3 Å². The van der Waals surface area contributed by atoms with Crippen molar-refractivity contribution in [1.29, 1.82) is 0 Å². The van der Waals surface area contributed by atoms with Gasteiger partial charge in [0.15, 0.2) is 0 Å². The maximum Gasteiger partial charge on any atom is 0.529 e. The average molecular weight is 1120 g/mol. The van der Waals surface area contributed by atoms with Crippen molar-refractivity contribution in [3.05, 3.63) is 34.9 Å². The highest BCUT2D eigenvalue weighted by molar-refractivity contribution is 9.26. The Morgan fingerprint density at radius 1 is 0.533 bits per heavy atom. The summed E-state index contributed by atoms with van der Waals surface area (Å²) in [4.78, 5) is 0. The van der Waals surface area contributed by atoms with Gasteiger partial charge in [0.25, 0.3) is 0 Å². The molecular formula is C36H72O9S12Si3. The molecule has 9 nitrogen and oxygen atoms in total. The maximum atomic E-state index is 6.48. The van der Waals surface area contributed by atoms with Gasteiger partial charge < -0.3 is 39.8 Å². The molecule has 0 aliphatic heterocycles. The molecule has 1 aromatic rings. The Hall–Kier alpha value is 3.71. The van der Waals surface area contributed by atoms with Gasteiger partial charge in [-0.05, 0) is 132 Å². The summed E-state index contributed by atoms with van der Waals surface area (Å²) in [6, 6.07) is 8.01. The fraction of sp³-hybridized carbons (Fsp3) is 0.833. The van der Waals surface area contributed by atoms with Gasteiger partial charge in [-0.2, -0.15) is 50.5 Å². The molecule has 0 aliphatic carbocycles. The monoisotopic (exact) mass is 1120 g/mol. The van der Waals surface area contributed by atoms with Crippen molar-refractivity contribution >= 4 is 159 Å². The van der Waals surface area contributed by atoms with E-state index in [-0.39, 0.29) is 15.7 Å². The maximum absolute atomic E-state index is 6.48. The molecule has 0 bridgehead atoms. The average Bonchev–Trinajstić information content (AvgIpc) is 3.20. The van der Waals surface area contributed by atoms with Gasteiger partial charge in [-0.15, -0.1) is 0 Å². The Kier molecular flexibility index (Phi) is 34.2. The van der Waals surface area contributed by atoms with Crippen molar-refractivity contribution in [3.63, 3.8) is 0 Å². The predicted octanol–water partition coefficient (Wildman–Crippen LogP) is 13.8. The smallest absolute Gasteiger partial charge is 0.374 e. The van der Waals surface area contributed by atoms with Crippen LogP contribution in [0.15, 0.2) is 18.2 Å². The Morgan fingerprint density at radius 3 is 1.25 bits per heavy atom. The van der Waals surface area contributed by atoms with Crippen LogP contribution >= 0.6 is 133 Å². The molecule has 24 heteroatoms. The molecule has 0 spiro atoms. The minimum atomic E-state index is -3.63. The molecule has 4 unspecified atom stereocenters. The first-order valence-corrected chi connectivity index (χ1v) is 38.1. The molecule has 1 rings (SSSR count). The molecule has 0 amide bonds. The Morgan fingerprint density at radius 2 is 0.900 bits per heavy atom. The summed E-state index contributed by atoms with van der Waals surface area (Å²) >= 11 is 21.5. The van der Waals surface area contributed by atoms with E-state index in [1.165, 1.54) is 11.1 Å². The van der Waals surface area contributed by atoms with Crippen LogP contribution in [0.4, 0.5) is 0 Å². The number of rotatable bonds is 38. The third-order valence-electron chi connectivity index (χ3n) is 8.65. The van der Waals surface area contributed by atoms with Gasteiger partial charge in [-0.3, -0.25) is 0 Å². The highest BCUT2D eigenvalue weighted by atomic mass is 33.7. The summed E-state index contributed by atoms with van der Waals surface area (Å²) in [6.07, 6.45) is 0. The standard InChI is InChI=1S/C36H72O9S12Si3/c1-13-37-58(38-14-2,39-15-3)27-25-50-54-56-52-29(10)32-23-22-24-33(35(47,31(12)46)36(48,49)60(43-19-7,44-20-8)45-21-9)34(32)30(11)53-57-55-51-26-28-59(40-16-4,41-17-5)42-18-6/h22-24,29-31,46-49H,13-21,25-28H2,1-12H3. The summed E-state index contributed by atoms with van der Waals surface area (Å²) in [5.41, 5.74) is 3.37. The van der Waals surface area contributed by atoms with Crippen molar-refractivity contribution < 1.29 is 39.8 Å². The molecule has 0 N–H and O–H groups in total. The molecule has 4 atom stereocenters. The third-order valence-corrected chi connectivity index (χ3v) is 36.7. The largest absolute Gasteiger partial charge is 0.529 e. The molecule has 354 valence electrons. The van der Waals surface area contributed by atoms with Crippen LogP contribution in [-0.4, -0.2) is 106 Å². The minimum Gasteiger partial charge on any atom is -0.374 e. The molecule has 0 aliphatic rings. The van der Waals surface area contributed by atoms with E-state index >= 15 is 0 Å². The predicted molar refractivity (Wildman–Crippen MR) is 295 cm³/mol.